The molecule has 2 saturated carbocycles. The van der Waals surface area contributed by atoms with E-state index in [9.17, 15) is 10.2 Å². The van der Waals surface area contributed by atoms with Gasteiger partial charge >= 0.3 is 6.48 Å². The van der Waals surface area contributed by atoms with Crippen molar-refractivity contribution in [1.29, 1.82) is 0 Å². The van der Waals surface area contributed by atoms with E-state index < -0.39 is 6.48 Å². The van der Waals surface area contributed by atoms with Crippen molar-refractivity contribution in [3.8, 4) is 0 Å². The average molecular weight is 316 g/mol. The van der Waals surface area contributed by atoms with Crippen molar-refractivity contribution in [2.24, 2.45) is 28.6 Å². The van der Waals surface area contributed by atoms with E-state index in [0.29, 0.717) is 17.8 Å². The zero-order valence-electron chi connectivity index (χ0n) is 14.2. The molecule has 0 aromatic carbocycles. The van der Waals surface area contributed by atoms with Crippen LogP contribution in [0.15, 0.2) is 35.6 Å². The van der Waals surface area contributed by atoms with Gasteiger partial charge < -0.3 is 14.9 Å². The molecule has 4 aliphatic rings. The van der Waals surface area contributed by atoms with Crippen molar-refractivity contribution >= 4 is 0 Å². The Hall–Kier alpha value is -1.06. The lowest BCUT2D eigenvalue weighted by Crippen LogP contribution is -2.49. The summed E-state index contributed by atoms with van der Waals surface area (Å²) in [6.07, 6.45) is 16.2. The predicted molar refractivity (Wildman–Crippen MR) is 89.0 cm³/mol. The fourth-order valence-corrected chi connectivity index (χ4v) is 6.16. The second-order valence-corrected chi connectivity index (χ2v) is 8.27. The molecule has 2 N–H and O–H groups in total. The number of ether oxygens (including phenoxy) is 1. The number of rotatable bonds is 2. The Bertz CT molecular complexity index is 588. The third-order valence-electron chi connectivity index (χ3n) is 7.35. The lowest BCUT2D eigenvalue weighted by Gasteiger charge is -2.56. The van der Waals surface area contributed by atoms with Gasteiger partial charge in [0.1, 0.15) is 5.76 Å². The third-order valence-corrected chi connectivity index (χ3v) is 7.35. The van der Waals surface area contributed by atoms with Gasteiger partial charge in [0, 0.05) is 10.8 Å². The summed E-state index contributed by atoms with van der Waals surface area (Å²) in [6, 6.07) is 0. The van der Waals surface area contributed by atoms with Crippen LogP contribution in [0.25, 0.3) is 0 Å². The van der Waals surface area contributed by atoms with E-state index in [1.54, 1.807) is 5.57 Å². The molecule has 0 bridgehead atoms. The summed E-state index contributed by atoms with van der Waals surface area (Å²) in [5.74, 6) is 2.79. The van der Waals surface area contributed by atoms with Gasteiger partial charge in [-0.3, -0.25) is 0 Å². The molecular weight excluding hydrogens is 288 g/mol. The Morgan fingerprint density at radius 1 is 1.17 bits per heavy atom. The normalized spacial score (nSPS) is 45.0. The molecule has 0 spiro atoms. The van der Waals surface area contributed by atoms with Gasteiger partial charge in [0.2, 0.25) is 0 Å². The topological polar surface area (TPSA) is 49.7 Å². The largest absolute Gasteiger partial charge is 0.446 e. The van der Waals surface area contributed by atoms with Crippen molar-refractivity contribution in [2.45, 2.75) is 58.8 Å². The maximum atomic E-state index is 9.22. The molecule has 0 saturated heterocycles. The Morgan fingerprint density at radius 3 is 2.78 bits per heavy atom. The van der Waals surface area contributed by atoms with Gasteiger partial charge in [-0.15, -0.1) is 0 Å². The predicted octanol–water partition coefficient (Wildman–Crippen LogP) is 3.89. The molecule has 5 atom stereocenters. The summed E-state index contributed by atoms with van der Waals surface area (Å²) in [4.78, 5) is 0. The van der Waals surface area contributed by atoms with Crippen LogP contribution in [-0.4, -0.2) is 16.7 Å². The van der Waals surface area contributed by atoms with Crippen LogP contribution < -0.4 is 0 Å². The molecule has 0 aromatic heterocycles. The Kier molecular flexibility index (Phi) is 3.51. The van der Waals surface area contributed by atoms with Gasteiger partial charge in [-0.05, 0) is 62.4 Å². The maximum Gasteiger partial charge on any atom is 0.310 e. The Balaban J connectivity index is 1.63. The zero-order valence-corrected chi connectivity index (χ0v) is 14.2. The number of allylic oxidation sites excluding steroid dienone is 6. The molecule has 23 heavy (non-hydrogen) atoms. The third kappa shape index (κ3) is 2.16. The van der Waals surface area contributed by atoms with E-state index in [1.807, 2.05) is 0 Å². The summed E-state index contributed by atoms with van der Waals surface area (Å²) in [6.45, 7) is 3.00. The van der Waals surface area contributed by atoms with Crippen molar-refractivity contribution in [3.05, 3.63) is 35.6 Å². The molecule has 4 rings (SSSR count). The molecule has 4 aliphatic carbocycles. The highest BCUT2D eigenvalue weighted by molar-refractivity contribution is 5.32. The first-order chi connectivity index (χ1) is 10.9. The highest BCUT2D eigenvalue weighted by atomic mass is 16.7. The second-order valence-electron chi connectivity index (χ2n) is 8.27. The van der Waals surface area contributed by atoms with E-state index in [1.165, 1.54) is 19.3 Å². The van der Waals surface area contributed by atoms with Crippen molar-refractivity contribution in [2.75, 3.05) is 0 Å². The van der Waals surface area contributed by atoms with E-state index in [-0.39, 0.29) is 10.8 Å². The van der Waals surface area contributed by atoms with Crippen molar-refractivity contribution in [3.63, 3.8) is 0 Å². The summed E-state index contributed by atoms with van der Waals surface area (Å²) in [5.41, 5.74) is 1.86. The molecule has 0 unspecified atom stereocenters. The molecule has 3 heteroatoms. The number of hydrogen-bond acceptors (Lipinski definition) is 3. The van der Waals surface area contributed by atoms with Gasteiger partial charge in [0.25, 0.3) is 0 Å². The summed E-state index contributed by atoms with van der Waals surface area (Å²) >= 11 is 0. The SMILES string of the molecule is C[C@]12C=CCC=C1CC[C@@H]1[C@@H]2CC[C@]2(C)C(OC(O)O)=CC[C@@H]12. The Morgan fingerprint density at radius 2 is 2.00 bits per heavy atom. The molecule has 2 fully saturated rings. The highest BCUT2D eigenvalue weighted by Crippen LogP contribution is 2.64. The standard InChI is InChI=1S/C20H28O3/c1-19-11-4-3-5-13(19)6-7-14-15-8-9-17(23-18(21)22)20(15,2)12-10-16(14)19/h4-5,9,11,14-16,18,21-22H,3,6-8,10,12H2,1-2H3/t14-,15-,16-,19-,20-/m0/s1. The van der Waals surface area contributed by atoms with Gasteiger partial charge in [-0.2, -0.15) is 0 Å². The van der Waals surface area contributed by atoms with E-state index in [2.05, 4.69) is 38.2 Å². The average Bonchev–Trinajstić information content (AvgIpc) is 2.83. The van der Waals surface area contributed by atoms with Gasteiger partial charge in [0.05, 0.1) is 0 Å². The van der Waals surface area contributed by atoms with Crippen LogP contribution in [0.1, 0.15) is 52.4 Å². The summed E-state index contributed by atoms with van der Waals surface area (Å²) < 4.78 is 5.34. The van der Waals surface area contributed by atoms with Crippen molar-refractivity contribution in [1.82, 2.24) is 0 Å². The van der Waals surface area contributed by atoms with E-state index in [0.717, 1.165) is 25.0 Å². The van der Waals surface area contributed by atoms with Crippen LogP contribution >= 0.6 is 0 Å². The zero-order chi connectivity index (χ0) is 16.2. The first-order valence-electron chi connectivity index (χ1n) is 9.06. The van der Waals surface area contributed by atoms with Crippen LogP contribution in [0, 0.1) is 28.6 Å². The number of fused-ring (bicyclic) bond motifs is 5. The smallest absolute Gasteiger partial charge is 0.310 e. The fraction of sp³-hybridized carbons (Fsp3) is 0.700. The van der Waals surface area contributed by atoms with Crippen LogP contribution in [0.4, 0.5) is 0 Å². The number of aliphatic hydroxyl groups is 2. The number of hydrogen-bond donors (Lipinski definition) is 2. The molecule has 126 valence electrons. The van der Waals surface area contributed by atoms with Gasteiger partial charge in [-0.25, -0.2) is 0 Å². The minimum Gasteiger partial charge on any atom is -0.446 e. The fourth-order valence-electron chi connectivity index (χ4n) is 6.16. The monoisotopic (exact) mass is 316 g/mol. The highest BCUT2D eigenvalue weighted by Gasteiger charge is 2.57. The van der Waals surface area contributed by atoms with Crippen LogP contribution in [0.3, 0.4) is 0 Å². The molecular formula is C20H28O3. The van der Waals surface area contributed by atoms with Gasteiger partial charge in [0.15, 0.2) is 0 Å². The first-order valence-corrected chi connectivity index (χ1v) is 9.06. The molecule has 0 aliphatic heterocycles. The summed E-state index contributed by atoms with van der Waals surface area (Å²) in [5, 5.41) is 18.4. The van der Waals surface area contributed by atoms with Crippen LogP contribution in [-0.2, 0) is 4.74 Å². The van der Waals surface area contributed by atoms with Crippen LogP contribution in [0.5, 0.6) is 0 Å². The molecule has 0 amide bonds. The van der Waals surface area contributed by atoms with E-state index in [4.69, 9.17) is 4.74 Å². The number of aliphatic hydroxyl groups excluding tert-OH is 1. The molecule has 0 radical (unpaired) electrons. The lowest BCUT2D eigenvalue weighted by atomic mass is 9.48. The van der Waals surface area contributed by atoms with Crippen LogP contribution in [0.2, 0.25) is 0 Å². The lowest BCUT2D eigenvalue weighted by molar-refractivity contribution is -0.224. The summed E-state index contributed by atoms with van der Waals surface area (Å²) in [7, 11) is 0. The Labute approximate surface area is 138 Å². The van der Waals surface area contributed by atoms with Crippen molar-refractivity contribution < 1.29 is 14.9 Å². The minimum atomic E-state index is -1.70. The molecule has 0 heterocycles. The second kappa shape index (κ2) is 5.22. The first kappa shape index (κ1) is 15.5. The van der Waals surface area contributed by atoms with Gasteiger partial charge in [-0.1, -0.05) is 37.6 Å². The van der Waals surface area contributed by atoms with E-state index >= 15 is 0 Å². The molecule has 0 aromatic rings. The minimum absolute atomic E-state index is 0.0269. The maximum absolute atomic E-state index is 9.22. The molecule has 3 nitrogen and oxygen atoms in total. The quantitative estimate of drug-likeness (QED) is 0.600.